The van der Waals surface area contributed by atoms with Crippen molar-refractivity contribution in [3.8, 4) is 11.8 Å². The molecule has 3 aromatic rings. The van der Waals surface area contributed by atoms with Gasteiger partial charge in [0.25, 0.3) is 0 Å². The minimum absolute atomic E-state index is 0.127. The first-order chi connectivity index (χ1) is 24.6. The molecule has 0 bridgehead atoms. The summed E-state index contributed by atoms with van der Waals surface area (Å²) in [4.78, 5) is 41.5. The van der Waals surface area contributed by atoms with E-state index in [0.717, 1.165) is 6.54 Å². The second-order valence-electron chi connectivity index (χ2n) is 13.6. The average Bonchev–Trinajstić information content (AvgIpc) is 3.80. The molecule has 3 N–H and O–H groups in total. The van der Waals surface area contributed by atoms with Gasteiger partial charge < -0.3 is 34.1 Å². The number of nitrogen functional groups attached to an aromatic ring is 1. The molecular formula is C35H45N6O10P. The number of nitrogens with one attached hydrogen (secondary N) is 1. The van der Waals surface area contributed by atoms with Crippen molar-refractivity contribution in [1.82, 2.24) is 19.6 Å². The molecule has 2 saturated heterocycles. The first-order valence-corrected chi connectivity index (χ1v) is 18.6. The molecule has 1 aromatic carbocycles. The van der Waals surface area contributed by atoms with Crippen molar-refractivity contribution < 1.29 is 46.9 Å². The van der Waals surface area contributed by atoms with Crippen molar-refractivity contribution in [2.45, 2.75) is 77.1 Å². The Morgan fingerprint density at radius 1 is 1.04 bits per heavy atom. The molecule has 4 heterocycles. The van der Waals surface area contributed by atoms with E-state index in [0.29, 0.717) is 29.9 Å². The number of rotatable bonds is 14. The van der Waals surface area contributed by atoms with Gasteiger partial charge in [-0.25, -0.2) is 9.08 Å². The number of hydrogen-bond acceptors (Lipinski definition) is 14. The van der Waals surface area contributed by atoms with Crippen LogP contribution < -0.4 is 15.3 Å². The first kappa shape index (κ1) is 38.7. The van der Waals surface area contributed by atoms with Gasteiger partial charge in [-0.2, -0.15) is 15.4 Å². The van der Waals surface area contributed by atoms with Gasteiger partial charge in [-0.15, -0.1) is 0 Å². The molecule has 2 aliphatic rings. The minimum atomic E-state index is -4.56. The second-order valence-corrected chi connectivity index (χ2v) is 15.3. The maximum Gasteiger partial charge on any atom is 0.459 e. The van der Waals surface area contributed by atoms with Crippen LogP contribution in [0, 0.1) is 23.2 Å². The van der Waals surface area contributed by atoms with Gasteiger partial charge in [0, 0.05) is 19.3 Å². The number of anilines is 1. The predicted molar refractivity (Wildman–Crippen MR) is 186 cm³/mol. The Morgan fingerprint density at radius 2 is 1.73 bits per heavy atom. The number of nitrogens with zero attached hydrogens (tertiary/aromatic N) is 4. The summed E-state index contributed by atoms with van der Waals surface area (Å²) in [5.74, 6) is -3.21. The average molecular weight is 741 g/mol. The molecule has 0 radical (unpaired) electrons. The number of ether oxygens (including phenoxy) is 4. The molecule has 7 atom stereocenters. The maximum absolute atomic E-state index is 14.6. The van der Waals surface area contributed by atoms with E-state index in [4.69, 9.17) is 33.7 Å². The van der Waals surface area contributed by atoms with Crippen LogP contribution in [0.3, 0.4) is 0 Å². The smallest absolute Gasteiger partial charge is 0.459 e. The normalized spacial score (nSPS) is 25.1. The highest BCUT2D eigenvalue weighted by molar-refractivity contribution is 7.52. The molecule has 1 unspecified atom stereocenters. The zero-order valence-electron chi connectivity index (χ0n) is 30.0. The summed E-state index contributed by atoms with van der Waals surface area (Å²) >= 11 is 0. The summed E-state index contributed by atoms with van der Waals surface area (Å²) in [5.41, 5.74) is 5.17. The highest BCUT2D eigenvalue weighted by Gasteiger charge is 2.62. The largest absolute Gasteiger partial charge is 0.460 e. The summed E-state index contributed by atoms with van der Waals surface area (Å²) in [6.07, 6.45) is -2.49. The first-order valence-electron chi connectivity index (χ1n) is 17.0. The summed E-state index contributed by atoms with van der Waals surface area (Å²) in [5, 5.41) is 17.9. The molecule has 280 valence electrons. The zero-order valence-corrected chi connectivity index (χ0v) is 30.9. The van der Waals surface area contributed by atoms with Gasteiger partial charge in [0.2, 0.25) is 5.60 Å². The molecule has 5 rings (SSSR count). The van der Waals surface area contributed by atoms with E-state index in [2.05, 4.69) is 10.2 Å². The molecule has 0 spiro atoms. The Bertz CT molecular complexity index is 1850. The van der Waals surface area contributed by atoms with E-state index in [-0.39, 0.29) is 11.9 Å². The van der Waals surface area contributed by atoms with Crippen LogP contribution in [0.25, 0.3) is 5.52 Å². The van der Waals surface area contributed by atoms with Gasteiger partial charge in [-0.3, -0.25) is 18.9 Å². The van der Waals surface area contributed by atoms with E-state index in [1.807, 2.05) is 18.0 Å². The van der Waals surface area contributed by atoms with E-state index < -0.39 is 74.1 Å². The molecular weight excluding hydrogens is 695 g/mol. The van der Waals surface area contributed by atoms with Crippen LogP contribution in [-0.2, 0) is 42.4 Å². The van der Waals surface area contributed by atoms with Crippen molar-refractivity contribution >= 4 is 36.9 Å². The van der Waals surface area contributed by atoms with Gasteiger partial charge in [0.05, 0.1) is 28.7 Å². The molecule has 2 aromatic heterocycles. The van der Waals surface area contributed by atoms with Crippen molar-refractivity contribution in [2.24, 2.45) is 11.8 Å². The standard InChI is InChI=1S/C35H45N6O10P/c1-21(2)32(42)48-30-29(28-13-12-27-26(37)14-16-38-41(27)28)50-35(19-36,31(30)49-33(43)22(3)4)20-46-52(45,51-24-10-8-7-9-11-24)39-23(5)34(44)47-25-15-17-40(6)18-25/h7-14,16,21-23,25,29-31H,15,17-18,20,37H2,1-6H3,(H,39,45)/t23-,25-,29-,30-,31-,35+,52?/m0/s1. The Labute approximate surface area is 302 Å². The van der Waals surface area contributed by atoms with Gasteiger partial charge in [0.15, 0.2) is 12.2 Å². The zero-order chi connectivity index (χ0) is 37.8. The number of likely N-dealkylation sites (tertiary alicyclic amines) is 1. The molecule has 52 heavy (non-hydrogen) atoms. The lowest BCUT2D eigenvalue weighted by Crippen LogP contribution is -2.50. The Hall–Kier alpha value is -4.52. The fraction of sp³-hybridized carbons (Fsp3) is 0.514. The highest BCUT2D eigenvalue weighted by atomic mass is 31.2. The number of nitrogens with two attached hydrogens (primary N) is 1. The monoisotopic (exact) mass is 740 g/mol. The van der Waals surface area contributed by atoms with E-state index in [1.54, 1.807) is 64.1 Å². The molecule has 2 aliphatic heterocycles. The van der Waals surface area contributed by atoms with Gasteiger partial charge in [0.1, 0.15) is 36.7 Å². The summed E-state index contributed by atoms with van der Waals surface area (Å²) in [6.45, 7) is 8.35. The highest BCUT2D eigenvalue weighted by Crippen LogP contribution is 2.50. The third-order valence-electron chi connectivity index (χ3n) is 8.68. The number of aromatic nitrogens is 2. The topological polar surface area (TPSA) is 206 Å². The molecule has 2 fully saturated rings. The van der Waals surface area contributed by atoms with Crippen molar-refractivity contribution in [3.63, 3.8) is 0 Å². The fourth-order valence-electron chi connectivity index (χ4n) is 5.78. The van der Waals surface area contributed by atoms with E-state index in [9.17, 15) is 24.2 Å². The molecule has 0 amide bonds. The fourth-order valence-corrected chi connectivity index (χ4v) is 7.30. The quantitative estimate of drug-likeness (QED) is 0.137. The van der Waals surface area contributed by atoms with Crippen molar-refractivity contribution in [2.75, 3.05) is 32.5 Å². The number of carbonyl (C=O) groups is 3. The number of hydrogen-bond donors (Lipinski definition) is 2. The number of para-hydroxylation sites is 1. The minimum Gasteiger partial charge on any atom is -0.460 e. The van der Waals surface area contributed by atoms with E-state index in [1.165, 1.54) is 29.8 Å². The molecule has 0 saturated carbocycles. The number of esters is 3. The van der Waals surface area contributed by atoms with Gasteiger partial charge in [-0.1, -0.05) is 45.9 Å². The number of carbonyl (C=O) groups excluding carboxylic acids is 3. The second kappa shape index (κ2) is 16.0. The lowest BCUT2D eigenvalue weighted by Gasteiger charge is -2.31. The molecule has 16 nitrogen and oxygen atoms in total. The maximum atomic E-state index is 14.6. The third kappa shape index (κ3) is 8.57. The Kier molecular flexibility index (Phi) is 11.9. The number of fused-ring (bicyclic) bond motifs is 1. The summed E-state index contributed by atoms with van der Waals surface area (Å²) in [6, 6.07) is 13.9. The Balaban J connectivity index is 1.52. The van der Waals surface area contributed by atoms with Gasteiger partial charge >= 0.3 is 25.7 Å². The third-order valence-corrected chi connectivity index (χ3v) is 10.3. The lowest BCUT2D eigenvalue weighted by molar-refractivity contribution is -0.173. The van der Waals surface area contributed by atoms with Crippen LogP contribution in [-0.4, -0.2) is 89.1 Å². The predicted octanol–water partition coefficient (Wildman–Crippen LogP) is 3.81. The molecule has 0 aliphatic carbocycles. The Morgan fingerprint density at radius 3 is 2.37 bits per heavy atom. The summed E-state index contributed by atoms with van der Waals surface area (Å²) in [7, 11) is -2.65. The van der Waals surface area contributed by atoms with Gasteiger partial charge in [-0.05, 0) is 50.7 Å². The molecule has 17 heteroatoms. The number of likely N-dealkylation sites (N-methyl/N-ethyl adjacent to an activating group) is 1. The van der Waals surface area contributed by atoms with Crippen LogP contribution in [0.5, 0.6) is 5.75 Å². The SMILES string of the molecule is CC(C)C(=O)O[C@H]1[C@H](c2ccc3c(N)ccnn23)O[C@](C#N)(COP(=O)(N[C@@H](C)C(=O)O[C@H]2CCN(C)C2)Oc2ccccc2)[C@H]1OC(=O)C(C)C. The van der Waals surface area contributed by atoms with Crippen molar-refractivity contribution in [1.29, 1.82) is 5.26 Å². The van der Waals surface area contributed by atoms with Crippen molar-refractivity contribution in [3.05, 3.63) is 60.4 Å². The summed E-state index contributed by atoms with van der Waals surface area (Å²) < 4.78 is 51.7. The van der Waals surface area contributed by atoms with Crippen LogP contribution in [0.2, 0.25) is 0 Å². The number of benzene rings is 1. The van der Waals surface area contributed by atoms with E-state index >= 15 is 0 Å². The van der Waals surface area contributed by atoms with Crippen LogP contribution in [0.4, 0.5) is 5.69 Å². The van der Waals surface area contributed by atoms with Crippen LogP contribution in [0.1, 0.15) is 52.8 Å². The lowest BCUT2D eigenvalue weighted by atomic mass is 9.95. The number of nitriles is 1. The van der Waals surface area contributed by atoms with Crippen LogP contribution in [0.15, 0.2) is 54.7 Å². The van der Waals surface area contributed by atoms with Crippen LogP contribution >= 0.6 is 7.75 Å².